The zero-order valence-electron chi connectivity index (χ0n) is 17.4. The highest BCUT2D eigenvalue weighted by Crippen LogP contribution is 2.30. The molecule has 30 heavy (non-hydrogen) atoms. The van der Waals surface area contributed by atoms with Gasteiger partial charge in [0.25, 0.3) is 0 Å². The third-order valence-electron chi connectivity index (χ3n) is 5.23. The number of nitrogens with one attached hydrogen (secondary N) is 1. The number of esters is 1. The van der Waals surface area contributed by atoms with Gasteiger partial charge in [-0.3, -0.25) is 9.59 Å². The number of benzene rings is 2. The van der Waals surface area contributed by atoms with E-state index in [-0.39, 0.29) is 18.4 Å². The lowest BCUT2D eigenvalue weighted by atomic mass is 9.98. The number of nitrogens with two attached hydrogens (primary N) is 1. The van der Waals surface area contributed by atoms with Crippen LogP contribution in [0, 0.1) is 6.92 Å². The van der Waals surface area contributed by atoms with Crippen LogP contribution in [0.2, 0.25) is 0 Å². The van der Waals surface area contributed by atoms with Crippen molar-refractivity contribution in [3.05, 3.63) is 59.7 Å². The monoisotopic (exact) mass is 426 g/mol. The van der Waals surface area contributed by atoms with Crippen molar-refractivity contribution in [2.45, 2.75) is 68.2 Å². The van der Waals surface area contributed by atoms with Gasteiger partial charge in [-0.1, -0.05) is 48.4 Å². The van der Waals surface area contributed by atoms with Crippen LogP contribution in [-0.4, -0.2) is 24.0 Å². The highest BCUT2D eigenvalue weighted by molar-refractivity contribution is 7.98. The van der Waals surface area contributed by atoms with Gasteiger partial charge in [0.1, 0.15) is 6.10 Å². The number of amides is 1. The molecule has 6 heteroatoms. The van der Waals surface area contributed by atoms with Gasteiger partial charge in [0.2, 0.25) is 5.91 Å². The Morgan fingerprint density at radius 1 is 1.10 bits per heavy atom. The van der Waals surface area contributed by atoms with E-state index in [2.05, 4.69) is 36.5 Å². The van der Waals surface area contributed by atoms with Crippen LogP contribution in [0.3, 0.4) is 0 Å². The van der Waals surface area contributed by atoms with Crippen molar-refractivity contribution in [2.75, 3.05) is 5.32 Å². The Labute approximate surface area is 182 Å². The summed E-state index contributed by atoms with van der Waals surface area (Å²) in [4.78, 5) is 25.7. The van der Waals surface area contributed by atoms with Gasteiger partial charge in [-0.2, -0.15) is 0 Å². The van der Waals surface area contributed by atoms with Crippen LogP contribution in [0.1, 0.15) is 49.7 Å². The van der Waals surface area contributed by atoms with Crippen LogP contribution in [0.5, 0.6) is 0 Å². The average Bonchev–Trinajstić information content (AvgIpc) is 2.75. The number of para-hydroxylation sites is 1. The van der Waals surface area contributed by atoms with E-state index < -0.39 is 12.0 Å². The minimum atomic E-state index is -0.934. The van der Waals surface area contributed by atoms with E-state index in [1.807, 2.05) is 24.3 Å². The van der Waals surface area contributed by atoms with Crippen molar-refractivity contribution < 1.29 is 14.3 Å². The van der Waals surface area contributed by atoms with Crippen LogP contribution < -0.4 is 11.1 Å². The number of thioether (sulfide) groups is 1. The molecule has 1 aliphatic rings. The van der Waals surface area contributed by atoms with E-state index >= 15 is 0 Å². The number of carbonyl (C=O) groups excluding carboxylic acids is 2. The molecule has 0 spiro atoms. The second-order valence-corrected chi connectivity index (χ2v) is 8.84. The van der Waals surface area contributed by atoms with Gasteiger partial charge in [0.15, 0.2) is 0 Å². The molecule has 0 aromatic heterocycles. The quantitative estimate of drug-likeness (QED) is 0.467. The predicted octanol–water partition coefficient (Wildman–Crippen LogP) is 4.82. The summed E-state index contributed by atoms with van der Waals surface area (Å²) in [5, 5.41) is 2.87. The maximum Gasteiger partial charge on any atom is 0.308 e. The molecule has 1 aliphatic carbocycles. The summed E-state index contributed by atoms with van der Waals surface area (Å²) in [7, 11) is 0. The molecule has 0 radical (unpaired) electrons. The summed E-state index contributed by atoms with van der Waals surface area (Å²) in [6, 6.07) is 15.1. The number of hydrogen-bond donors (Lipinski definition) is 2. The average molecular weight is 427 g/mol. The molecule has 2 aromatic carbocycles. The minimum Gasteiger partial charge on any atom is -0.462 e. The highest BCUT2D eigenvalue weighted by Gasteiger charge is 2.23. The second kappa shape index (κ2) is 11.2. The molecule has 160 valence electrons. The molecule has 3 N–H and O–H groups in total. The van der Waals surface area contributed by atoms with Gasteiger partial charge in [0, 0.05) is 10.6 Å². The number of hydrogen-bond acceptors (Lipinski definition) is 5. The normalized spacial score (nSPS) is 15.4. The van der Waals surface area contributed by atoms with Crippen LogP contribution in [-0.2, 0) is 20.1 Å². The number of ether oxygens (including phenoxy) is 1. The van der Waals surface area contributed by atoms with Gasteiger partial charge >= 0.3 is 5.97 Å². The van der Waals surface area contributed by atoms with Gasteiger partial charge < -0.3 is 15.8 Å². The summed E-state index contributed by atoms with van der Waals surface area (Å²) >= 11 is 1.65. The van der Waals surface area contributed by atoms with E-state index in [0.717, 1.165) is 36.3 Å². The molecule has 1 fully saturated rings. The van der Waals surface area contributed by atoms with Crippen molar-refractivity contribution in [2.24, 2.45) is 5.73 Å². The van der Waals surface area contributed by atoms with Gasteiger partial charge in [-0.15, -0.1) is 11.8 Å². The molecule has 0 heterocycles. The summed E-state index contributed by atoms with van der Waals surface area (Å²) in [5.41, 5.74) is 9.13. The Kier molecular flexibility index (Phi) is 8.34. The molecule has 5 nitrogen and oxygen atoms in total. The predicted molar refractivity (Wildman–Crippen MR) is 121 cm³/mol. The molecular weight excluding hydrogens is 396 g/mol. The van der Waals surface area contributed by atoms with Crippen molar-refractivity contribution in [3.63, 3.8) is 0 Å². The molecule has 0 aliphatic heterocycles. The molecule has 2 aromatic rings. The Bertz CT molecular complexity index is 848. The van der Waals surface area contributed by atoms with Crippen molar-refractivity contribution in [1.29, 1.82) is 0 Å². The maximum atomic E-state index is 12.6. The van der Waals surface area contributed by atoms with E-state index in [1.54, 1.807) is 11.8 Å². The van der Waals surface area contributed by atoms with Crippen molar-refractivity contribution in [1.82, 2.24) is 0 Å². The standard InChI is InChI=1S/C24H30N2O3S/c1-17-11-13-18(14-12-17)16-30-22-10-6-5-9-21(22)26-24(28)20(25)15-23(27)29-19-7-3-2-4-8-19/h5-6,9-14,19-20H,2-4,7-8,15-16,25H2,1H3,(H,26,28)/t20-/m0/s1. The minimum absolute atomic E-state index is 0.0274. The zero-order valence-corrected chi connectivity index (χ0v) is 18.3. The molecule has 3 rings (SSSR count). The van der Waals surface area contributed by atoms with Crippen LogP contribution in [0.4, 0.5) is 5.69 Å². The molecule has 1 saturated carbocycles. The number of anilines is 1. The first-order valence-electron chi connectivity index (χ1n) is 10.5. The fourth-order valence-corrected chi connectivity index (χ4v) is 4.42. The van der Waals surface area contributed by atoms with Crippen molar-refractivity contribution >= 4 is 29.3 Å². The lowest BCUT2D eigenvalue weighted by Crippen LogP contribution is -2.38. The smallest absolute Gasteiger partial charge is 0.308 e. The summed E-state index contributed by atoms with van der Waals surface area (Å²) in [6.45, 7) is 2.07. The first-order chi connectivity index (χ1) is 14.5. The zero-order chi connectivity index (χ0) is 21.3. The van der Waals surface area contributed by atoms with E-state index in [4.69, 9.17) is 10.5 Å². The SMILES string of the molecule is Cc1ccc(CSc2ccccc2NC(=O)[C@@H](N)CC(=O)OC2CCCCC2)cc1. The van der Waals surface area contributed by atoms with Gasteiger partial charge in [-0.25, -0.2) is 0 Å². The fraction of sp³-hybridized carbons (Fsp3) is 0.417. The Morgan fingerprint density at radius 2 is 1.80 bits per heavy atom. The van der Waals surface area contributed by atoms with Crippen LogP contribution in [0.25, 0.3) is 0 Å². The molecule has 0 saturated heterocycles. The summed E-state index contributed by atoms with van der Waals surface area (Å²) in [6.07, 6.45) is 5.03. The summed E-state index contributed by atoms with van der Waals surface area (Å²) < 4.78 is 5.48. The van der Waals surface area contributed by atoms with Crippen LogP contribution in [0.15, 0.2) is 53.4 Å². The molecule has 0 unspecified atom stereocenters. The molecule has 1 atom stereocenters. The van der Waals surface area contributed by atoms with E-state index in [0.29, 0.717) is 5.69 Å². The number of carbonyl (C=O) groups is 2. The third-order valence-corrected chi connectivity index (χ3v) is 6.38. The van der Waals surface area contributed by atoms with Gasteiger partial charge in [0.05, 0.1) is 18.2 Å². The highest BCUT2D eigenvalue weighted by atomic mass is 32.2. The van der Waals surface area contributed by atoms with Gasteiger partial charge in [-0.05, 0) is 50.3 Å². The topological polar surface area (TPSA) is 81.4 Å². The van der Waals surface area contributed by atoms with Crippen LogP contribution >= 0.6 is 11.8 Å². The third kappa shape index (κ3) is 6.89. The first-order valence-corrected chi connectivity index (χ1v) is 11.5. The molecule has 1 amide bonds. The van der Waals surface area contributed by atoms with E-state index in [1.165, 1.54) is 17.5 Å². The van der Waals surface area contributed by atoms with Crippen molar-refractivity contribution in [3.8, 4) is 0 Å². The largest absolute Gasteiger partial charge is 0.462 e. The maximum absolute atomic E-state index is 12.6. The Morgan fingerprint density at radius 3 is 2.53 bits per heavy atom. The first kappa shape index (κ1) is 22.4. The fourth-order valence-electron chi connectivity index (χ4n) is 3.46. The summed E-state index contributed by atoms with van der Waals surface area (Å²) in [5.74, 6) is 0.0259. The second-order valence-electron chi connectivity index (χ2n) is 7.82. The van der Waals surface area contributed by atoms with E-state index in [9.17, 15) is 9.59 Å². The molecular formula is C24H30N2O3S. The number of rotatable bonds is 8. The lowest BCUT2D eigenvalue weighted by Gasteiger charge is -2.22. The Hall–Kier alpha value is -2.31. The number of aryl methyl sites for hydroxylation is 1. The Balaban J connectivity index is 1.52. The molecule has 0 bridgehead atoms. The lowest BCUT2D eigenvalue weighted by molar-refractivity contribution is -0.151.